The summed E-state index contributed by atoms with van der Waals surface area (Å²) in [6.07, 6.45) is 0. The van der Waals surface area contributed by atoms with Crippen LogP contribution in [0.4, 0.5) is 10.2 Å². The number of aryl methyl sites for hydroxylation is 1. The number of halogens is 1. The Morgan fingerprint density at radius 1 is 1.22 bits per heavy atom. The van der Waals surface area contributed by atoms with Crippen LogP contribution < -0.4 is 10.6 Å². The molecule has 1 amide bonds. The Kier molecular flexibility index (Phi) is 5.12. The maximum Gasteiger partial charge on any atom is 0.228 e. The van der Waals surface area contributed by atoms with Crippen LogP contribution in [-0.2, 0) is 4.79 Å². The predicted molar refractivity (Wildman–Crippen MR) is 107 cm³/mol. The van der Waals surface area contributed by atoms with Gasteiger partial charge in [-0.05, 0) is 32.0 Å². The van der Waals surface area contributed by atoms with Gasteiger partial charge >= 0.3 is 0 Å². The first-order valence-corrected chi connectivity index (χ1v) is 9.49. The maximum absolute atomic E-state index is 14.0. The second kappa shape index (κ2) is 7.08. The van der Waals surface area contributed by atoms with Crippen LogP contribution in [0.3, 0.4) is 0 Å². The summed E-state index contributed by atoms with van der Waals surface area (Å²) in [6.45, 7) is 12.2. The minimum atomic E-state index is -0.380. The Bertz CT molecular complexity index is 865. The largest absolute Gasteiger partial charge is 0.353 e. The lowest BCUT2D eigenvalue weighted by Gasteiger charge is -2.39. The number of anilines is 1. The van der Waals surface area contributed by atoms with Crippen LogP contribution in [0.2, 0.25) is 0 Å². The summed E-state index contributed by atoms with van der Waals surface area (Å²) >= 11 is 0. The molecule has 0 radical (unpaired) electrons. The molecule has 3 rings (SSSR count). The Labute approximate surface area is 160 Å². The van der Waals surface area contributed by atoms with Gasteiger partial charge in [-0.2, -0.15) is 0 Å². The van der Waals surface area contributed by atoms with Gasteiger partial charge in [0.25, 0.3) is 0 Å². The van der Waals surface area contributed by atoms with Crippen molar-refractivity contribution in [2.24, 2.45) is 11.1 Å². The number of aromatic nitrogens is 1. The van der Waals surface area contributed by atoms with Gasteiger partial charge in [0.1, 0.15) is 11.6 Å². The maximum atomic E-state index is 14.0. The monoisotopic (exact) mass is 372 g/mol. The van der Waals surface area contributed by atoms with E-state index in [0.29, 0.717) is 37.3 Å². The lowest BCUT2D eigenvalue weighted by molar-refractivity contribution is -0.139. The first kappa shape index (κ1) is 19.5. The highest BCUT2D eigenvalue weighted by Crippen LogP contribution is 2.31. The molecule has 2 aromatic rings. The van der Waals surface area contributed by atoms with Gasteiger partial charge in [-0.15, -0.1) is 0 Å². The molecular formula is C21H29FN4O. The molecule has 1 saturated heterocycles. The Balaban J connectivity index is 1.93. The number of hydrogen-bond acceptors (Lipinski definition) is 4. The first-order chi connectivity index (χ1) is 12.6. The molecule has 1 aliphatic rings. The van der Waals surface area contributed by atoms with Gasteiger partial charge in [0, 0.05) is 54.1 Å². The fraction of sp³-hybridized carbons (Fsp3) is 0.524. The summed E-state index contributed by atoms with van der Waals surface area (Å²) in [5, 5.41) is 0.895. The molecule has 27 heavy (non-hydrogen) atoms. The van der Waals surface area contributed by atoms with Gasteiger partial charge in [0.15, 0.2) is 0 Å². The van der Waals surface area contributed by atoms with E-state index in [2.05, 4.69) is 4.90 Å². The molecule has 1 aromatic carbocycles. The van der Waals surface area contributed by atoms with Crippen LogP contribution in [-0.4, -0.2) is 42.0 Å². The average Bonchev–Trinajstić information content (AvgIpc) is 2.62. The van der Waals surface area contributed by atoms with Gasteiger partial charge in [-0.1, -0.05) is 20.8 Å². The summed E-state index contributed by atoms with van der Waals surface area (Å²) in [6, 6.07) is 5.05. The molecule has 6 heteroatoms. The van der Waals surface area contributed by atoms with Gasteiger partial charge in [0.2, 0.25) is 5.91 Å². The van der Waals surface area contributed by atoms with E-state index >= 15 is 0 Å². The van der Waals surface area contributed by atoms with E-state index in [1.54, 1.807) is 13.0 Å². The number of nitrogens with two attached hydrogens (primary N) is 1. The number of carbonyl (C=O) groups is 1. The van der Waals surface area contributed by atoms with E-state index in [1.165, 1.54) is 6.07 Å². The second-order valence-electron chi connectivity index (χ2n) is 8.46. The summed E-state index contributed by atoms with van der Waals surface area (Å²) in [4.78, 5) is 21.4. The number of piperazine rings is 1. The number of carbonyl (C=O) groups excluding carboxylic acids is 1. The van der Waals surface area contributed by atoms with E-state index in [0.717, 1.165) is 16.8 Å². The van der Waals surface area contributed by atoms with E-state index in [9.17, 15) is 9.18 Å². The highest BCUT2D eigenvalue weighted by Gasteiger charge is 2.30. The number of nitrogens with zero attached hydrogens (tertiary/aromatic N) is 3. The molecular weight excluding hydrogens is 343 g/mol. The zero-order valence-corrected chi connectivity index (χ0v) is 16.8. The normalized spacial score (nSPS) is 16.7. The third kappa shape index (κ3) is 3.76. The number of fused-ring (bicyclic) bond motifs is 1. The molecule has 2 N–H and O–H groups in total. The van der Waals surface area contributed by atoms with Gasteiger partial charge in [0.05, 0.1) is 5.52 Å². The molecule has 2 heterocycles. The molecule has 0 aliphatic carbocycles. The predicted octanol–water partition coefficient (Wildman–Crippen LogP) is 3.40. The third-order valence-corrected chi connectivity index (χ3v) is 5.18. The summed E-state index contributed by atoms with van der Waals surface area (Å²) in [5.74, 6) is 0.711. The van der Waals surface area contributed by atoms with Crippen LogP contribution in [0.5, 0.6) is 0 Å². The molecule has 0 unspecified atom stereocenters. The van der Waals surface area contributed by atoms with Crippen molar-refractivity contribution in [3.63, 3.8) is 0 Å². The Hall–Kier alpha value is -2.21. The van der Waals surface area contributed by atoms with Gasteiger partial charge in [-0.3, -0.25) is 4.79 Å². The zero-order chi connectivity index (χ0) is 19.9. The molecule has 0 spiro atoms. The number of pyridine rings is 1. The van der Waals surface area contributed by atoms with Crippen molar-refractivity contribution in [3.8, 4) is 0 Å². The fourth-order valence-electron chi connectivity index (χ4n) is 3.55. The SMILES string of the molecule is Cc1c(F)ccc2cc([C@H](C)N)c(N3CCN(C(=O)C(C)(C)C)CC3)nc12. The number of hydrogen-bond donors (Lipinski definition) is 1. The summed E-state index contributed by atoms with van der Waals surface area (Å²) < 4.78 is 14.0. The van der Waals surface area contributed by atoms with Gasteiger partial charge < -0.3 is 15.5 Å². The highest BCUT2D eigenvalue weighted by molar-refractivity contribution is 5.85. The summed E-state index contributed by atoms with van der Waals surface area (Å²) in [7, 11) is 0. The molecule has 0 saturated carbocycles. The molecule has 146 valence electrons. The molecule has 1 aliphatic heterocycles. The van der Waals surface area contributed by atoms with Crippen molar-refractivity contribution in [2.45, 2.75) is 40.7 Å². The first-order valence-electron chi connectivity index (χ1n) is 9.49. The van der Waals surface area contributed by atoms with Crippen molar-refractivity contribution >= 4 is 22.6 Å². The Morgan fingerprint density at radius 3 is 2.41 bits per heavy atom. The van der Waals surface area contributed by atoms with E-state index < -0.39 is 0 Å². The topological polar surface area (TPSA) is 62.5 Å². The molecule has 5 nitrogen and oxygen atoms in total. The number of amides is 1. The lowest BCUT2D eigenvalue weighted by atomic mass is 9.94. The van der Waals surface area contributed by atoms with Crippen molar-refractivity contribution in [1.82, 2.24) is 9.88 Å². The van der Waals surface area contributed by atoms with Crippen molar-refractivity contribution in [1.29, 1.82) is 0 Å². The molecule has 1 fully saturated rings. The number of benzene rings is 1. The van der Waals surface area contributed by atoms with Crippen LogP contribution in [0.25, 0.3) is 10.9 Å². The standard InChI is InChI=1S/C21H29FN4O/c1-13-17(22)7-6-15-12-16(14(2)23)19(24-18(13)15)25-8-10-26(11-9-25)20(27)21(3,4)5/h6-7,12,14H,8-11,23H2,1-5H3/t14-/m0/s1. The summed E-state index contributed by atoms with van der Waals surface area (Å²) in [5.41, 5.74) is 7.99. The van der Waals surface area contributed by atoms with Crippen LogP contribution >= 0.6 is 0 Å². The number of rotatable bonds is 2. The van der Waals surface area contributed by atoms with Crippen LogP contribution in [0.15, 0.2) is 18.2 Å². The highest BCUT2D eigenvalue weighted by atomic mass is 19.1. The van der Waals surface area contributed by atoms with Crippen molar-refractivity contribution in [2.75, 3.05) is 31.1 Å². The average molecular weight is 372 g/mol. The van der Waals surface area contributed by atoms with Crippen molar-refractivity contribution in [3.05, 3.63) is 35.1 Å². The van der Waals surface area contributed by atoms with Gasteiger partial charge in [-0.25, -0.2) is 9.37 Å². The molecule has 0 bridgehead atoms. The van der Waals surface area contributed by atoms with E-state index in [4.69, 9.17) is 10.7 Å². The molecule has 1 atom stereocenters. The van der Waals surface area contributed by atoms with E-state index in [-0.39, 0.29) is 23.2 Å². The fourth-order valence-corrected chi connectivity index (χ4v) is 3.55. The minimum Gasteiger partial charge on any atom is -0.353 e. The Morgan fingerprint density at radius 2 is 1.85 bits per heavy atom. The quantitative estimate of drug-likeness (QED) is 0.878. The van der Waals surface area contributed by atoms with Crippen molar-refractivity contribution < 1.29 is 9.18 Å². The molecule has 1 aromatic heterocycles. The van der Waals surface area contributed by atoms with E-state index in [1.807, 2.05) is 38.7 Å². The van der Waals surface area contributed by atoms with Crippen LogP contribution in [0.1, 0.15) is 44.9 Å². The zero-order valence-electron chi connectivity index (χ0n) is 16.8. The third-order valence-electron chi connectivity index (χ3n) is 5.18. The second-order valence-corrected chi connectivity index (χ2v) is 8.46. The minimum absolute atomic E-state index is 0.166. The lowest BCUT2D eigenvalue weighted by Crippen LogP contribution is -2.52. The smallest absolute Gasteiger partial charge is 0.228 e. The van der Waals surface area contributed by atoms with Crippen LogP contribution in [0, 0.1) is 18.2 Å².